The van der Waals surface area contributed by atoms with Crippen LogP contribution in [-0.4, -0.2) is 33.1 Å². The molecule has 122 valence electrons. The Morgan fingerprint density at radius 3 is 2.96 bits per heavy atom. The second kappa shape index (κ2) is 8.16. The van der Waals surface area contributed by atoms with E-state index in [1.165, 1.54) is 6.26 Å². The summed E-state index contributed by atoms with van der Waals surface area (Å²) >= 11 is 1.63. The van der Waals surface area contributed by atoms with Crippen molar-refractivity contribution < 1.29 is 4.74 Å². The van der Waals surface area contributed by atoms with Crippen molar-refractivity contribution in [2.75, 3.05) is 18.5 Å². The van der Waals surface area contributed by atoms with Crippen LogP contribution in [0.5, 0.6) is 0 Å². The van der Waals surface area contributed by atoms with E-state index in [-0.39, 0.29) is 0 Å². The molecule has 6 nitrogen and oxygen atoms in total. The molecule has 7 heteroatoms. The molecule has 3 heterocycles. The average molecular weight is 339 g/mol. The molecule has 3 aromatic heterocycles. The predicted octanol–water partition coefficient (Wildman–Crippen LogP) is 3.62. The van der Waals surface area contributed by atoms with Crippen LogP contribution in [0.3, 0.4) is 0 Å². The molecule has 0 saturated carbocycles. The van der Waals surface area contributed by atoms with Crippen LogP contribution in [0.4, 0.5) is 5.95 Å². The fourth-order valence-corrected chi connectivity index (χ4v) is 2.86. The Kier molecular flexibility index (Phi) is 5.47. The van der Waals surface area contributed by atoms with E-state index in [2.05, 4.69) is 31.8 Å². The van der Waals surface area contributed by atoms with Crippen molar-refractivity contribution in [2.24, 2.45) is 0 Å². The van der Waals surface area contributed by atoms with Gasteiger partial charge in [0.25, 0.3) is 0 Å². The molecule has 0 aliphatic carbocycles. The van der Waals surface area contributed by atoms with E-state index in [0.29, 0.717) is 12.6 Å². The molecular weight excluding hydrogens is 322 g/mol. The molecule has 0 saturated heterocycles. The van der Waals surface area contributed by atoms with Gasteiger partial charge in [-0.05, 0) is 17.9 Å². The zero-order valence-corrected chi connectivity index (χ0v) is 13.9. The van der Waals surface area contributed by atoms with Crippen LogP contribution in [0.25, 0.3) is 21.8 Å². The summed E-state index contributed by atoms with van der Waals surface area (Å²) in [6, 6.07) is 4.04. The molecule has 1 N–H and O–H groups in total. The predicted molar refractivity (Wildman–Crippen MR) is 95.6 cm³/mol. The summed E-state index contributed by atoms with van der Waals surface area (Å²) in [5, 5.41) is 5.24. The number of rotatable bonds is 8. The molecule has 0 aliphatic rings. The minimum atomic E-state index is 0.588. The van der Waals surface area contributed by atoms with Crippen LogP contribution in [0, 0.1) is 0 Å². The van der Waals surface area contributed by atoms with Crippen LogP contribution < -0.4 is 5.32 Å². The first-order valence-corrected chi connectivity index (χ1v) is 8.40. The number of hydrogen-bond donors (Lipinski definition) is 1. The lowest BCUT2D eigenvalue weighted by molar-refractivity contribution is 0.249. The number of aromatic nitrogens is 4. The maximum Gasteiger partial charge on any atom is 0.223 e. The highest BCUT2D eigenvalue weighted by Gasteiger charge is 2.13. The number of nitrogens with one attached hydrogen (secondary N) is 1. The van der Waals surface area contributed by atoms with E-state index in [4.69, 9.17) is 4.74 Å². The minimum Gasteiger partial charge on any atom is -0.502 e. The average Bonchev–Trinajstić information content (AvgIpc) is 3.17. The van der Waals surface area contributed by atoms with Gasteiger partial charge in [-0.2, -0.15) is 0 Å². The molecule has 0 unspecified atom stereocenters. The van der Waals surface area contributed by atoms with Crippen molar-refractivity contribution in [2.45, 2.75) is 6.42 Å². The summed E-state index contributed by atoms with van der Waals surface area (Å²) in [7, 11) is 0. The van der Waals surface area contributed by atoms with Crippen LogP contribution >= 0.6 is 11.3 Å². The third-order valence-corrected chi connectivity index (χ3v) is 4.10. The Balaban J connectivity index is 1.84. The number of anilines is 1. The molecule has 0 bridgehead atoms. The maximum atomic E-state index is 5.10. The van der Waals surface area contributed by atoms with Crippen molar-refractivity contribution in [3.63, 3.8) is 0 Å². The molecule has 0 aliphatic heterocycles. The normalized spacial score (nSPS) is 10.3. The first-order chi connectivity index (χ1) is 11.9. The van der Waals surface area contributed by atoms with Gasteiger partial charge in [0.05, 0.1) is 35.3 Å². The molecule has 0 aromatic carbocycles. The summed E-state index contributed by atoms with van der Waals surface area (Å²) < 4.78 is 5.10. The van der Waals surface area contributed by atoms with Crippen LogP contribution in [0.2, 0.25) is 0 Å². The Bertz CT molecular complexity index is 777. The molecular formula is C17H17N5OS. The third kappa shape index (κ3) is 3.94. The van der Waals surface area contributed by atoms with Gasteiger partial charge in [-0.15, -0.1) is 11.3 Å². The summed E-state index contributed by atoms with van der Waals surface area (Å²) in [5.74, 6) is 0.588. The first kappa shape index (κ1) is 16.1. The smallest absolute Gasteiger partial charge is 0.223 e. The van der Waals surface area contributed by atoms with Gasteiger partial charge in [0.15, 0.2) is 0 Å². The lowest BCUT2D eigenvalue weighted by Gasteiger charge is -2.10. The fraction of sp³-hybridized carbons (Fsp3) is 0.176. The highest BCUT2D eigenvalue weighted by Crippen LogP contribution is 2.32. The van der Waals surface area contributed by atoms with Crippen LogP contribution in [-0.2, 0) is 4.74 Å². The monoisotopic (exact) mass is 339 g/mol. The minimum absolute atomic E-state index is 0.588. The van der Waals surface area contributed by atoms with E-state index >= 15 is 0 Å². The van der Waals surface area contributed by atoms with Crippen LogP contribution in [0.1, 0.15) is 6.42 Å². The van der Waals surface area contributed by atoms with Gasteiger partial charge in [0, 0.05) is 30.7 Å². The standard InChI is InChI=1S/C17H17N5OS/c1-2-23-9-4-6-20-17-21-11-13(14-12-18-7-8-19-14)16(22-17)15-5-3-10-24-15/h2-3,5,7-8,10-12H,1,4,6,9H2,(H,20,21,22). The van der Waals surface area contributed by atoms with Crippen molar-refractivity contribution in [3.05, 3.63) is 55.1 Å². The van der Waals surface area contributed by atoms with E-state index in [0.717, 1.165) is 34.8 Å². The molecule has 24 heavy (non-hydrogen) atoms. The van der Waals surface area contributed by atoms with Gasteiger partial charge in [-0.1, -0.05) is 12.6 Å². The van der Waals surface area contributed by atoms with Gasteiger partial charge in [-0.25, -0.2) is 9.97 Å². The highest BCUT2D eigenvalue weighted by molar-refractivity contribution is 7.13. The summed E-state index contributed by atoms with van der Waals surface area (Å²) in [4.78, 5) is 18.6. The largest absolute Gasteiger partial charge is 0.502 e. The molecule has 3 rings (SSSR count). The van der Waals surface area contributed by atoms with Gasteiger partial charge >= 0.3 is 0 Å². The zero-order valence-electron chi connectivity index (χ0n) is 13.1. The van der Waals surface area contributed by atoms with E-state index in [9.17, 15) is 0 Å². The molecule has 0 fully saturated rings. The molecule has 0 atom stereocenters. The van der Waals surface area contributed by atoms with Gasteiger partial charge < -0.3 is 10.1 Å². The second-order valence-corrected chi connectivity index (χ2v) is 5.79. The fourth-order valence-electron chi connectivity index (χ4n) is 2.13. The van der Waals surface area contributed by atoms with E-state index in [1.54, 1.807) is 36.1 Å². The highest BCUT2D eigenvalue weighted by atomic mass is 32.1. The molecule has 0 radical (unpaired) electrons. The van der Waals surface area contributed by atoms with E-state index < -0.39 is 0 Å². The van der Waals surface area contributed by atoms with Crippen molar-refractivity contribution in [3.8, 4) is 21.8 Å². The molecule has 0 spiro atoms. The maximum absolute atomic E-state index is 5.10. The van der Waals surface area contributed by atoms with Gasteiger partial charge in [0.1, 0.15) is 0 Å². The molecule has 0 amide bonds. The summed E-state index contributed by atoms with van der Waals surface area (Å²) in [5.41, 5.74) is 2.48. The lowest BCUT2D eigenvalue weighted by Crippen LogP contribution is -2.08. The van der Waals surface area contributed by atoms with Crippen molar-refractivity contribution >= 4 is 17.3 Å². The number of hydrogen-bond acceptors (Lipinski definition) is 7. The zero-order chi connectivity index (χ0) is 16.6. The summed E-state index contributed by atoms with van der Waals surface area (Å²) in [6.07, 6.45) is 9.11. The van der Waals surface area contributed by atoms with Gasteiger partial charge in [0.2, 0.25) is 5.95 Å². The second-order valence-electron chi connectivity index (χ2n) is 4.84. The SMILES string of the molecule is C=COCCCNc1ncc(-c2cnccn2)c(-c2cccs2)n1. The van der Waals surface area contributed by atoms with E-state index in [1.807, 2.05) is 17.5 Å². The Morgan fingerprint density at radius 2 is 2.21 bits per heavy atom. The Labute approximate surface area is 144 Å². The number of nitrogens with zero attached hydrogens (tertiary/aromatic N) is 4. The van der Waals surface area contributed by atoms with Crippen molar-refractivity contribution in [1.82, 2.24) is 19.9 Å². The number of ether oxygens (including phenoxy) is 1. The van der Waals surface area contributed by atoms with Crippen LogP contribution in [0.15, 0.2) is 55.1 Å². The Morgan fingerprint density at radius 1 is 1.25 bits per heavy atom. The summed E-state index contributed by atoms with van der Waals surface area (Å²) in [6.45, 7) is 4.86. The first-order valence-electron chi connectivity index (χ1n) is 7.52. The van der Waals surface area contributed by atoms with Crippen molar-refractivity contribution in [1.29, 1.82) is 0 Å². The third-order valence-electron chi connectivity index (χ3n) is 3.22. The van der Waals surface area contributed by atoms with Gasteiger partial charge in [-0.3, -0.25) is 9.97 Å². The number of thiophene rings is 1. The quantitative estimate of drug-likeness (QED) is 0.499. The topological polar surface area (TPSA) is 72.8 Å². The molecule has 3 aromatic rings. The Hall–Kier alpha value is -2.80. The lowest BCUT2D eigenvalue weighted by atomic mass is 10.1.